The predicted molar refractivity (Wildman–Crippen MR) is 283 cm³/mol. The standard InChI is InChI=1S/C48H70Cl2N14O10/c1-33(60-38(49)32-51)45(67)63-47(54)58-18-4-2-6-34-8-12-36(13-9-34)73-30-28-71-26-24-69-22-20-56-39(65)16-17-40(66)57-21-23-70-25-27-72-29-31-74-37-14-10-35(11-15-37)7-3-5-19-59-48(55)64-46(68)41-43(52)62-44(53)42(50)61-41/h8-15H,1-7,16-32,51H2,(H,56,65)(H,57,66)(H4,52,53,62)(H3,54,58,63,67)(H3,55,59,64,68)/b60-38+. The number of anilines is 2. The van der Waals surface area contributed by atoms with E-state index >= 15 is 0 Å². The first-order chi connectivity index (χ1) is 35.7. The molecular formula is C48H70Cl2N14O10. The summed E-state index contributed by atoms with van der Waals surface area (Å²) in [6.45, 7) is 8.71. The molecule has 0 saturated carbocycles. The number of nitrogens with one attached hydrogen (secondary N) is 8. The Kier molecular flexibility index (Phi) is 30.9. The highest BCUT2D eigenvalue weighted by Crippen LogP contribution is 2.18. The van der Waals surface area contributed by atoms with Crippen LogP contribution >= 0.6 is 23.2 Å². The summed E-state index contributed by atoms with van der Waals surface area (Å²) < 4.78 is 33.6. The van der Waals surface area contributed by atoms with E-state index in [0.29, 0.717) is 92.2 Å². The van der Waals surface area contributed by atoms with Crippen LogP contribution in [0, 0.1) is 10.8 Å². The van der Waals surface area contributed by atoms with Gasteiger partial charge in [-0.25, -0.2) is 15.0 Å². The number of carbonyl (C=O) groups is 4. The molecule has 0 aliphatic heterocycles. The number of benzene rings is 2. The van der Waals surface area contributed by atoms with E-state index in [1.165, 1.54) is 0 Å². The Morgan fingerprint density at radius 2 is 1.04 bits per heavy atom. The predicted octanol–water partition coefficient (Wildman–Crippen LogP) is 2.18. The van der Waals surface area contributed by atoms with Gasteiger partial charge in [0, 0.05) is 45.6 Å². The number of nitrogens with zero attached hydrogens (tertiary/aromatic N) is 3. The first-order valence-electron chi connectivity index (χ1n) is 24.0. The van der Waals surface area contributed by atoms with E-state index in [4.69, 9.17) is 79.6 Å². The molecule has 26 heteroatoms. The van der Waals surface area contributed by atoms with Crippen LogP contribution in [0.5, 0.6) is 11.5 Å². The van der Waals surface area contributed by atoms with Gasteiger partial charge in [0.1, 0.15) is 35.6 Å². The summed E-state index contributed by atoms with van der Waals surface area (Å²) in [6.07, 6.45) is 5.07. The van der Waals surface area contributed by atoms with Crippen LogP contribution in [0.2, 0.25) is 5.15 Å². The van der Waals surface area contributed by atoms with Gasteiger partial charge in [0.05, 0.1) is 52.9 Å². The number of aromatic nitrogens is 2. The van der Waals surface area contributed by atoms with Crippen LogP contribution in [0.15, 0.2) is 65.8 Å². The van der Waals surface area contributed by atoms with Crippen molar-refractivity contribution in [3.8, 4) is 11.5 Å². The van der Waals surface area contributed by atoms with Crippen molar-refractivity contribution < 1.29 is 47.6 Å². The average molecular weight is 1070 g/mol. The molecule has 74 heavy (non-hydrogen) atoms. The topological polar surface area (TPSA) is 360 Å². The maximum atomic E-state index is 12.3. The molecule has 0 fully saturated rings. The van der Waals surface area contributed by atoms with Gasteiger partial charge in [-0.05, 0) is 73.9 Å². The van der Waals surface area contributed by atoms with Crippen molar-refractivity contribution >= 4 is 75.6 Å². The Balaban J connectivity index is 1.04. The second-order valence-corrected chi connectivity index (χ2v) is 16.6. The average Bonchev–Trinajstić information content (AvgIpc) is 3.38. The third-order valence-corrected chi connectivity index (χ3v) is 10.5. The zero-order chi connectivity index (χ0) is 53.8. The molecule has 0 aliphatic rings. The largest absolute Gasteiger partial charge is 0.491 e. The van der Waals surface area contributed by atoms with Crippen molar-refractivity contribution in [3.05, 3.63) is 82.8 Å². The van der Waals surface area contributed by atoms with Crippen LogP contribution in [0.25, 0.3) is 0 Å². The summed E-state index contributed by atoms with van der Waals surface area (Å²) in [5.41, 5.74) is 18.5. The molecule has 0 bridgehead atoms. The van der Waals surface area contributed by atoms with Crippen LogP contribution in [0.3, 0.4) is 0 Å². The summed E-state index contributed by atoms with van der Waals surface area (Å²) in [4.78, 5) is 59.9. The highest BCUT2D eigenvalue weighted by Gasteiger charge is 2.17. The van der Waals surface area contributed by atoms with Crippen LogP contribution in [-0.2, 0) is 46.2 Å². The van der Waals surface area contributed by atoms with E-state index in [-0.39, 0.29) is 76.5 Å². The number of nitrogen functional groups attached to an aromatic ring is 2. The van der Waals surface area contributed by atoms with Gasteiger partial charge in [0.25, 0.3) is 11.8 Å². The number of ether oxygens (including phenoxy) is 6. The number of aliphatic imine (C=N–C) groups is 1. The number of nitrogens with two attached hydrogens (primary N) is 3. The van der Waals surface area contributed by atoms with Crippen molar-refractivity contribution in [2.75, 3.05) is 110 Å². The van der Waals surface area contributed by atoms with Crippen LogP contribution in [0.4, 0.5) is 11.6 Å². The number of guanidine groups is 2. The number of aryl methyl sites for hydroxylation is 2. The Hall–Kier alpha value is -6.67. The molecule has 406 valence electrons. The lowest BCUT2D eigenvalue weighted by molar-refractivity contribution is -0.126. The summed E-state index contributed by atoms with van der Waals surface area (Å²) in [7, 11) is 0. The van der Waals surface area contributed by atoms with Gasteiger partial charge < -0.3 is 66.9 Å². The number of carbonyl (C=O) groups excluding carboxylic acids is 4. The number of halogens is 2. The number of unbranched alkanes of at least 4 members (excludes halogenated alkanes) is 2. The molecule has 0 spiro atoms. The van der Waals surface area contributed by atoms with Crippen LogP contribution in [-0.4, -0.2) is 149 Å². The van der Waals surface area contributed by atoms with Crippen molar-refractivity contribution in [1.29, 1.82) is 10.8 Å². The Bertz CT molecular complexity index is 2260. The summed E-state index contributed by atoms with van der Waals surface area (Å²) in [6, 6.07) is 15.6. The van der Waals surface area contributed by atoms with E-state index in [9.17, 15) is 19.2 Å². The zero-order valence-corrected chi connectivity index (χ0v) is 43.0. The third-order valence-electron chi connectivity index (χ3n) is 9.97. The van der Waals surface area contributed by atoms with Crippen molar-refractivity contribution in [2.24, 2.45) is 10.7 Å². The molecule has 2 aromatic carbocycles. The molecule has 14 N–H and O–H groups in total. The van der Waals surface area contributed by atoms with Crippen LogP contribution in [0.1, 0.15) is 60.1 Å². The van der Waals surface area contributed by atoms with E-state index < -0.39 is 11.8 Å². The van der Waals surface area contributed by atoms with Crippen molar-refractivity contribution in [2.45, 2.75) is 51.4 Å². The SMILES string of the molecule is C=C(/N=C(/Cl)CN)C(=O)NC(=N)NCCCCc1ccc(OCCOCCOCCNC(=O)CCC(=O)NCCOCCOCCOc2ccc(CCCCNC(=N)NC(=O)c3nc(Cl)c(N)nc3N)cc2)cc1. The Morgan fingerprint density at radius 3 is 1.51 bits per heavy atom. The van der Waals surface area contributed by atoms with Crippen LogP contribution < -0.4 is 58.6 Å². The Labute approximate surface area is 440 Å². The molecule has 0 saturated heterocycles. The first-order valence-corrected chi connectivity index (χ1v) is 24.8. The maximum Gasteiger partial charge on any atom is 0.280 e. The van der Waals surface area contributed by atoms with Crippen molar-refractivity contribution in [3.63, 3.8) is 0 Å². The minimum Gasteiger partial charge on any atom is -0.491 e. The van der Waals surface area contributed by atoms with Gasteiger partial charge in [0.15, 0.2) is 34.4 Å². The molecule has 4 amide bonds. The van der Waals surface area contributed by atoms with Gasteiger partial charge in [0.2, 0.25) is 11.8 Å². The monoisotopic (exact) mass is 1070 g/mol. The van der Waals surface area contributed by atoms with Gasteiger partial charge in [-0.3, -0.25) is 40.6 Å². The molecule has 1 aromatic heterocycles. The Morgan fingerprint density at radius 1 is 0.595 bits per heavy atom. The highest BCUT2D eigenvalue weighted by molar-refractivity contribution is 6.66. The molecule has 1 heterocycles. The second kappa shape index (κ2) is 37.1. The molecule has 3 rings (SSSR count). The number of rotatable bonds is 37. The number of hydrogen-bond donors (Lipinski definition) is 11. The lowest BCUT2D eigenvalue weighted by Crippen LogP contribution is -2.41. The fraction of sp³-hybridized carbons (Fsp3) is 0.479. The lowest BCUT2D eigenvalue weighted by Gasteiger charge is -2.11. The number of hydrogen-bond acceptors (Lipinski definition) is 18. The fourth-order valence-electron chi connectivity index (χ4n) is 6.15. The quantitative estimate of drug-likeness (QED) is 0.0171. The van der Waals surface area contributed by atoms with Gasteiger partial charge in [-0.1, -0.05) is 54.0 Å². The molecule has 0 radical (unpaired) electrons. The third kappa shape index (κ3) is 28.0. The van der Waals surface area contributed by atoms with E-state index in [1.807, 2.05) is 48.5 Å². The molecule has 0 unspecified atom stereocenters. The molecular weight excluding hydrogens is 1000 g/mol. The molecule has 24 nitrogen and oxygen atoms in total. The van der Waals surface area contributed by atoms with E-state index in [0.717, 1.165) is 61.2 Å². The summed E-state index contributed by atoms with van der Waals surface area (Å²) >= 11 is 11.5. The normalized spacial score (nSPS) is 11.0. The summed E-state index contributed by atoms with van der Waals surface area (Å²) in [5, 5.41) is 31.5. The van der Waals surface area contributed by atoms with E-state index in [1.54, 1.807) is 0 Å². The first kappa shape index (κ1) is 61.6. The van der Waals surface area contributed by atoms with Gasteiger partial charge in [-0.15, -0.1) is 0 Å². The zero-order valence-electron chi connectivity index (χ0n) is 41.5. The summed E-state index contributed by atoms with van der Waals surface area (Å²) in [5.74, 6) is -1.00. The molecule has 0 aliphatic carbocycles. The minimum absolute atomic E-state index is 0.0110. The molecule has 0 atom stereocenters. The van der Waals surface area contributed by atoms with Gasteiger partial charge in [-0.2, -0.15) is 0 Å². The van der Waals surface area contributed by atoms with Gasteiger partial charge >= 0.3 is 0 Å². The fourth-order valence-corrected chi connectivity index (χ4v) is 6.38. The minimum atomic E-state index is -0.721. The van der Waals surface area contributed by atoms with E-state index in [2.05, 4.69) is 53.4 Å². The lowest BCUT2D eigenvalue weighted by atomic mass is 10.1. The maximum absolute atomic E-state index is 12.3. The highest BCUT2D eigenvalue weighted by atomic mass is 35.5. The van der Waals surface area contributed by atoms with Crippen molar-refractivity contribution in [1.82, 2.24) is 41.9 Å². The molecule has 3 aromatic rings. The second-order valence-electron chi connectivity index (χ2n) is 15.8. The smallest absolute Gasteiger partial charge is 0.280 e. The number of amides is 4.